The summed E-state index contributed by atoms with van der Waals surface area (Å²) in [6.07, 6.45) is 2.29. The predicted octanol–water partition coefficient (Wildman–Crippen LogP) is 1.82. The van der Waals surface area contributed by atoms with E-state index < -0.39 is 16.2 Å². The van der Waals surface area contributed by atoms with Crippen LogP contribution in [0.15, 0.2) is 39.0 Å². The Labute approximate surface area is 164 Å². The highest BCUT2D eigenvalue weighted by Crippen LogP contribution is 2.17. The molecule has 0 aliphatic rings. The molecule has 0 amide bonds. The maximum Gasteiger partial charge on any atom is 0.329 e. The Bertz CT molecular complexity index is 1190. The third-order valence-corrected chi connectivity index (χ3v) is 4.42. The van der Waals surface area contributed by atoms with Gasteiger partial charge in [-0.25, -0.2) is 10.2 Å². The Morgan fingerprint density at radius 2 is 2.00 bits per heavy atom. The number of benzene rings is 1. The SMILES string of the molecule is CC(C)CCn1c(N/N=C\c2ccc([N+](=O)[O-])cc2)nc2c1c(=O)[nH]c(=O)n2C. The van der Waals surface area contributed by atoms with Crippen molar-refractivity contribution in [3.63, 3.8) is 0 Å². The van der Waals surface area contributed by atoms with E-state index in [1.165, 1.54) is 30.0 Å². The lowest BCUT2D eigenvalue weighted by molar-refractivity contribution is -0.384. The summed E-state index contributed by atoms with van der Waals surface area (Å²) in [4.78, 5) is 41.1. The molecule has 0 fully saturated rings. The number of aryl methyl sites for hydroxylation is 2. The minimum atomic E-state index is -0.544. The first kappa shape index (κ1) is 20.0. The summed E-state index contributed by atoms with van der Waals surface area (Å²) in [5, 5.41) is 14.8. The number of anilines is 1. The largest absolute Gasteiger partial charge is 0.329 e. The normalized spacial score (nSPS) is 11.6. The number of nitrogens with zero attached hydrogens (tertiary/aromatic N) is 5. The second-order valence-electron chi connectivity index (χ2n) is 6.98. The van der Waals surface area contributed by atoms with Gasteiger partial charge in [0, 0.05) is 25.7 Å². The van der Waals surface area contributed by atoms with E-state index in [1.807, 2.05) is 0 Å². The van der Waals surface area contributed by atoms with Crippen molar-refractivity contribution < 1.29 is 4.92 Å². The van der Waals surface area contributed by atoms with Crippen LogP contribution in [0.1, 0.15) is 25.8 Å². The van der Waals surface area contributed by atoms with E-state index in [9.17, 15) is 19.7 Å². The molecule has 3 rings (SSSR count). The van der Waals surface area contributed by atoms with Crippen molar-refractivity contribution >= 4 is 29.0 Å². The van der Waals surface area contributed by atoms with Gasteiger partial charge >= 0.3 is 5.69 Å². The fourth-order valence-electron chi connectivity index (χ4n) is 2.77. The van der Waals surface area contributed by atoms with Crippen molar-refractivity contribution in [1.82, 2.24) is 19.1 Å². The summed E-state index contributed by atoms with van der Waals surface area (Å²) in [5.74, 6) is 0.723. The van der Waals surface area contributed by atoms with Gasteiger partial charge in [0.1, 0.15) is 0 Å². The molecule has 2 N–H and O–H groups in total. The minimum Gasteiger partial charge on any atom is -0.303 e. The van der Waals surface area contributed by atoms with Crippen molar-refractivity contribution in [2.45, 2.75) is 26.8 Å². The van der Waals surface area contributed by atoms with Crippen LogP contribution in [0.25, 0.3) is 11.2 Å². The lowest BCUT2D eigenvalue weighted by atomic mass is 10.1. The molecule has 2 heterocycles. The van der Waals surface area contributed by atoms with Gasteiger partial charge in [0.2, 0.25) is 5.95 Å². The summed E-state index contributed by atoms with van der Waals surface area (Å²) in [6.45, 7) is 4.66. The Morgan fingerprint density at radius 1 is 1.31 bits per heavy atom. The number of hydrogen-bond acceptors (Lipinski definition) is 7. The predicted molar refractivity (Wildman–Crippen MR) is 109 cm³/mol. The van der Waals surface area contributed by atoms with Crippen molar-refractivity contribution in [2.75, 3.05) is 5.43 Å². The molecule has 3 aromatic rings. The van der Waals surface area contributed by atoms with E-state index in [-0.39, 0.29) is 11.3 Å². The molecule has 0 atom stereocenters. The molecule has 11 heteroatoms. The zero-order valence-corrected chi connectivity index (χ0v) is 16.2. The van der Waals surface area contributed by atoms with Gasteiger partial charge in [-0.15, -0.1) is 0 Å². The Morgan fingerprint density at radius 3 is 2.62 bits per heavy atom. The van der Waals surface area contributed by atoms with Gasteiger partial charge < -0.3 is 4.57 Å². The Kier molecular flexibility index (Phi) is 5.57. The van der Waals surface area contributed by atoms with Gasteiger partial charge in [-0.3, -0.25) is 24.5 Å². The van der Waals surface area contributed by atoms with Gasteiger partial charge in [-0.05, 0) is 30.0 Å². The zero-order chi connectivity index (χ0) is 21.1. The molecule has 0 spiro atoms. The highest BCUT2D eigenvalue weighted by molar-refractivity contribution is 5.81. The number of nitro groups is 1. The van der Waals surface area contributed by atoms with Crippen LogP contribution in [0.5, 0.6) is 0 Å². The first-order valence-corrected chi connectivity index (χ1v) is 9.01. The van der Waals surface area contributed by atoms with Crippen LogP contribution in [0.4, 0.5) is 11.6 Å². The van der Waals surface area contributed by atoms with Gasteiger partial charge in [-0.1, -0.05) is 13.8 Å². The first-order valence-electron chi connectivity index (χ1n) is 9.01. The number of nitrogens with one attached hydrogen (secondary N) is 2. The molecule has 2 aromatic heterocycles. The van der Waals surface area contributed by atoms with Crippen molar-refractivity contribution in [1.29, 1.82) is 0 Å². The standard InChI is InChI=1S/C18H21N7O4/c1-11(2)8-9-24-14-15(23(3)18(27)21-16(14)26)20-17(24)22-19-10-12-4-6-13(7-5-12)25(28)29/h4-7,10-11H,8-9H2,1-3H3,(H,20,22)(H,21,26,27)/b19-10-. The quantitative estimate of drug-likeness (QED) is 0.353. The molecule has 11 nitrogen and oxygen atoms in total. The van der Waals surface area contributed by atoms with Crippen LogP contribution >= 0.6 is 0 Å². The minimum absolute atomic E-state index is 0.00858. The topological polar surface area (TPSA) is 140 Å². The highest BCUT2D eigenvalue weighted by Gasteiger charge is 2.17. The van der Waals surface area contributed by atoms with E-state index in [0.717, 1.165) is 6.42 Å². The number of non-ortho nitro benzene ring substituents is 1. The second kappa shape index (κ2) is 8.09. The number of aromatic nitrogens is 4. The number of aromatic amines is 1. The number of hydrogen-bond donors (Lipinski definition) is 2. The summed E-state index contributed by atoms with van der Waals surface area (Å²) in [5.41, 5.74) is 2.95. The van der Waals surface area contributed by atoms with Crippen molar-refractivity contribution in [3.8, 4) is 0 Å². The van der Waals surface area contributed by atoms with Crippen LogP contribution in [-0.2, 0) is 13.6 Å². The molecule has 152 valence electrons. The molecule has 29 heavy (non-hydrogen) atoms. The number of imidazole rings is 1. The molecular formula is C18H21N7O4. The molecular weight excluding hydrogens is 378 g/mol. The van der Waals surface area contributed by atoms with E-state index in [2.05, 4.69) is 34.3 Å². The third kappa shape index (κ3) is 4.23. The van der Waals surface area contributed by atoms with E-state index >= 15 is 0 Å². The van der Waals surface area contributed by atoms with Crippen molar-refractivity contribution in [3.05, 3.63) is 60.8 Å². The average molecular weight is 399 g/mol. The zero-order valence-electron chi connectivity index (χ0n) is 16.2. The van der Waals surface area contributed by atoms with Crippen LogP contribution in [0.2, 0.25) is 0 Å². The summed E-state index contributed by atoms with van der Waals surface area (Å²) in [6, 6.07) is 5.90. The van der Waals surface area contributed by atoms with E-state index in [0.29, 0.717) is 29.5 Å². The number of H-pyrrole nitrogens is 1. The average Bonchev–Trinajstić information content (AvgIpc) is 3.04. The fraction of sp³-hybridized carbons (Fsp3) is 0.333. The van der Waals surface area contributed by atoms with E-state index in [1.54, 1.807) is 16.7 Å². The smallest absolute Gasteiger partial charge is 0.303 e. The lowest BCUT2D eigenvalue weighted by Crippen LogP contribution is -2.29. The number of fused-ring (bicyclic) bond motifs is 1. The maximum atomic E-state index is 12.4. The Hall–Kier alpha value is -3.76. The molecule has 0 saturated carbocycles. The van der Waals surface area contributed by atoms with Gasteiger partial charge in [0.05, 0.1) is 11.1 Å². The molecule has 0 bridgehead atoms. The number of rotatable bonds is 7. The molecule has 0 unspecified atom stereocenters. The van der Waals surface area contributed by atoms with Crippen LogP contribution in [0, 0.1) is 16.0 Å². The van der Waals surface area contributed by atoms with Gasteiger partial charge in [-0.2, -0.15) is 10.1 Å². The molecule has 0 saturated heterocycles. The van der Waals surface area contributed by atoms with E-state index in [4.69, 9.17) is 0 Å². The van der Waals surface area contributed by atoms with Gasteiger partial charge in [0.15, 0.2) is 11.2 Å². The summed E-state index contributed by atoms with van der Waals surface area (Å²) >= 11 is 0. The van der Waals surface area contributed by atoms with Gasteiger partial charge in [0.25, 0.3) is 11.2 Å². The lowest BCUT2D eigenvalue weighted by Gasteiger charge is -2.09. The fourth-order valence-corrected chi connectivity index (χ4v) is 2.77. The maximum absolute atomic E-state index is 12.4. The first-order chi connectivity index (χ1) is 13.8. The highest BCUT2D eigenvalue weighted by atomic mass is 16.6. The second-order valence-corrected chi connectivity index (χ2v) is 6.98. The third-order valence-electron chi connectivity index (χ3n) is 4.42. The van der Waals surface area contributed by atoms with Crippen LogP contribution in [0.3, 0.4) is 0 Å². The molecule has 0 radical (unpaired) electrons. The number of hydrazone groups is 1. The van der Waals surface area contributed by atoms with Crippen LogP contribution < -0.4 is 16.7 Å². The molecule has 1 aromatic carbocycles. The number of nitro benzene ring substituents is 1. The molecule has 0 aliphatic carbocycles. The summed E-state index contributed by atoms with van der Waals surface area (Å²) in [7, 11) is 1.53. The molecule has 0 aliphatic heterocycles. The van der Waals surface area contributed by atoms with Crippen LogP contribution in [-0.4, -0.2) is 30.2 Å². The summed E-state index contributed by atoms with van der Waals surface area (Å²) < 4.78 is 2.97. The Balaban J connectivity index is 1.95. The monoisotopic (exact) mass is 399 g/mol. The van der Waals surface area contributed by atoms with Crippen molar-refractivity contribution in [2.24, 2.45) is 18.1 Å².